The number of hydrogen-bond donors (Lipinski definition) is 2. The molecule has 0 fully saturated rings. The van der Waals surface area contributed by atoms with Crippen molar-refractivity contribution in [1.29, 1.82) is 0 Å². The molecule has 0 aliphatic rings. The van der Waals surface area contributed by atoms with Crippen LogP contribution in [-0.2, 0) is 21.0 Å². The average Bonchev–Trinajstić information content (AvgIpc) is 0.811. The van der Waals surface area contributed by atoms with Gasteiger partial charge in [-0.3, -0.25) is 4.46 Å². The van der Waals surface area contributed by atoms with Gasteiger partial charge in [0.15, 0.2) is 0 Å². The maximum absolute atomic E-state index is 8.74. The summed E-state index contributed by atoms with van der Waals surface area (Å²) in [4.78, 5) is 14.3. The molecule has 0 saturated carbocycles. The zero-order valence-corrected chi connectivity index (χ0v) is 4.11. The molecule has 0 aromatic rings. The second-order valence-corrected chi connectivity index (χ2v) is 0.848. The standard InChI is InChI=1S/Mg.Ni.H2O3Si.2H/c;;1-4(2)3;;/h;;1-2H;;. The van der Waals surface area contributed by atoms with Crippen molar-refractivity contribution in [3.05, 3.63) is 0 Å². The predicted molar refractivity (Wildman–Crippen MR) is 19.4 cm³/mol. The van der Waals surface area contributed by atoms with Crippen LogP contribution in [0.5, 0.6) is 0 Å². The van der Waals surface area contributed by atoms with Crippen LogP contribution < -0.4 is 0 Å². The van der Waals surface area contributed by atoms with Gasteiger partial charge in [0.05, 0.1) is 0 Å². The van der Waals surface area contributed by atoms with E-state index in [9.17, 15) is 0 Å². The first-order chi connectivity index (χ1) is 1.73. The summed E-state index contributed by atoms with van der Waals surface area (Å²) >= 11 is 0. The quantitative estimate of drug-likeness (QED) is 0.387. The second-order valence-electron chi connectivity index (χ2n) is 0.283. The summed E-state index contributed by atoms with van der Waals surface area (Å²) in [5, 5.41) is 0. The predicted octanol–water partition coefficient (Wildman–Crippen LogP) is -2.53. The van der Waals surface area contributed by atoms with Gasteiger partial charge in [0.1, 0.15) is 0 Å². The smallest absolute Gasteiger partial charge is 0.511 e. The minimum absolute atomic E-state index is 0. The topological polar surface area (TPSA) is 57.5 Å². The van der Waals surface area contributed by atoms with E-state index in [1.807, 2.05) is 0 Å². The Balaban J connectivity index is -0.0000000450. The third-order valence-electron chi connectivity index (χ3n) is 0. The largest absolute Gasteiger partial charge is 0.761 e. The fourth-order valence-corrected chi connectivity index (χ4v) is 0. The first-order valence-electron chi connectivity index (χ1n) is 0.651. The summed E-state index contributed by atoms with van der Waals surface area (Å²) in [6.45, 7) is 0. The monoisotopic (exact) mass is 162 g/mol. The van der Waals surface area contributed by atoms with Gasteiger partial charge in [0.25, 0.3) is 0 Å². The van der Waals surface area contributed by atoms with Gasteiger partial charge in [-0.25, -0.2) is 0 Å². The summed E-state index contributed by atoms with van der Waals surface area (Å²) in [6.07, 6.45) is 0. The summed E-state index contributed by atoms with van der Waals surface area (Å²) in [5.74, 6) is 0. The molecule has 0 aromatic heterocycles. The molecule has 0 aliphatic carbocycles. The van der Waals surface area contributed by atoms with Crippen LogP contribution in [0.1, 0.15) is 0 Å². The molecule has 0 rings (SSSR count). The second kappa shape index (κ2) is 9.30. The zero-order valence-electron chi connectivity index (χ0n) is 2.12. The van der Waals surface area contributed by atoms with Crippen LogP contribution in [0.4, 0.5) is 0 Å². The van der Waals surface area contributed by atoms with Gasteiger partial charge in [-0.1, -0.05) is 0 Å². The molecule has 6 heteroatoms. The molecule has 0 radical (unpaired) electrons. The van der Waals surface area contributed by atoms with Gasteiger partial charge in [-0.2, -0.15) is 0 Å². The first kappa shape index (κ1) is 15.8. The van der Waals surface area contributed by atoms with E-state index in [2.05, 4.69) is 0 Å². The van der Waals surface area contributed by atoms with Gasteiger partial charge < -0.3 is 9.59 Å². The summed E-state index contributed by atoms with van der Waals surface area (Å²) in [7, 11) is -3.13. The Bertz CT molecular complexity index is 33.8. The van der Waals surface area contributed by atoms with Gasteiger partial charge in [0, 0.05) is 16.5 Å². The van der Waals surface area contributed by atoms with E-state index in [1.165, 1.54) is 0 Å². The fourth-order valence-electron chi connectivity index (χ4n) is 0. The van der Waals surface area contributed by atoms with Crippen molar-refractivity contribution in [3.63, 3.8) is 0 Å². The fraction of sp³-hybridized carbons (Fsp3) is 0. The van der Waals surface area contributed by atoms with Crippen LogP contribution in [-0.4, -0.2) is 41.8 Å². The minimum Gasteiger partial charge on any atom is -0.511 e. The molecule has 0 heterocycles. The van der Waals surface area contributed by atoms with Crippen LogP contribution in [0.25, 0.3) is 0 Å². The van der Waals surface area contributed by atoms with Crippen molar-refractivity contribution in [3.8, 4) is 0 Å². The molecule has 0 aliphatic heterocycles. The van der Waals surface area contributed by atoms with E-state index in [1.54, 1.807) is 0 Å². The molecule has 6 heavy (non-hydrogen) atoms. The molecule has 0 bridgehead atoms. The van der Waals surface area contributed by atoms with Gasteiger partial charge >= 0.3 is 32.2 Å². The van der Waals surface area contributed by atoms with Crippen molar-refractivity contribution in [2.75, 3.05) is 0 Å². The molecule has 0 atom stereocenters. The maximum Gasteiger partial charge on any atom is 0.761 e. The van der Waals surface area contributed by atoms with Gasteiger partial charge in [0.2, 0.25) is 0 Å². The summed E-state index contributed by atoms with van der Waals surface area (Å²) in [5.41, 5.74) is 0. The Labute approximate surface area is 62.7 Å². The summed E-state index contributed by atoms with van der Waals surface area (Å²) in [6, 6.07) is 0. The van der Waals surface area contributed by atoms with Crippen LogP contribution in [0.3, 0.4) is 0 Å². The third-order valence-corrected chi connectivity index (χ3v) is 0. The van der Waals surface area contributed by atoms with Gasteiger partial charge in [-0.15, -0.1) is 0 Å². The number of hydrogen-bond acceptors (Lipinski definition) is 1. The van der Waals surface area contributed by atoms with E-state index in [0.717, 1.165) is 0 Å². The zero-order chi connectivity index (χ0) is 3.58. The molecule has 0 unspecified atom stereocenters. The Kier molecular flexibility index (Phi) is 24.5. The van der Waals surface area contributed by atoms with Crippen LogP contribution in [0.15, 0.2) is 0 Å². The maximum atomic E-state index is 8.74. The molecule has 0 amide bonds. The van der Waals surface area contributed by atoms with Crippen molar-refractivity contribution < 1.29 is 30.5 Å². The molecule has 3 nitrogen and oxygen atoms in total. The van der Waals surface area contributed by atoms with E-state index in [0.29, 0.717) is 0 Å². The molecular formula is H4MgNiO3Si. The molecular weight excluding hydrogens is 159 g/mol. The molecule has 38 valence electrons. The summed E-state index contributed by atoms with van der Waals surface area (Å²) < 4.78 is 8.74. The minimum atomic E-state index is -3.13. The third kappa shape index (κ3) is 95.4. The molecule has 0 spiro atoms. The SMILES string of the molecule is O=[Si](O)O.[MgH2].[Ni]. The Morgan fingerprint density at radius 3 is 1.33 bits per heavy atom. The van der Waals surface area contributed by atoms with Crippen molar-refractivity contribution in [1.82, 2.24) is 0 Å². The molecule has 0 aromatic carbocycles. The van der Waals surface area contributed by atoms with Crippen molar-refractivity contribution in [2.24, 2.45) is 0 Å². The van der Waals surface area contributed by atoms with Crippen LogP contribution in [0.2, 0.25) is 0 Å². The first-order valence-corrected chi connectivity index (χ1v) is 1.95. The average molecular weight is 163 g/mol. The number of rotatable bonds is 0. The van der Waals surface area contributed by atoms with Gasteiger partial charge in [-0.05, 0) is 0 Å². The van der Waals surface area contributed by atoms with Crippen molar-refractivity contribution >= 4 is 32.2 Å². The van der Waals surface area contributed by atoms with E-state index >= 15 is 0 Å². The Hall–Kier alpha value is 0.877. The van der Waals surface area contributed by atoms with Crippen LogP contribution >= 0.6 is 0 Å². The Morgan fingerprint density at radius 2 is 1.33 bits per heavy atom. The van der Waals surface area contributed by atoms with E-state index in [-0.39, 0.29) is 39.5 Å². The van der Waals surface area contributed by atoms with E-state index < -0.39 is 9.17 Å². The van der Waals surface area contributed by atoms with E-state index in [4.69, 9.17) is 14.1 Å². The Morgan fingerprint density at radius 1 is 1.33 bits per heavy atom. The molecule has 0 saturated heterocycles. The van der Waals surface area contributed by atoms with Crippen LogP contribution in [0, 0.1) is 0 Å². The molecule has 2 N–H and O–H groups in total. The van der Waals surface area contributed by atoms with Crippen molar-refractivity contribution in [2.45, 2.75) is 0 Å². The normalized spacial score (nSPS) is 4.00.